The second-order valence-electron chi connectivity index (χ2n) is 3.25. The molecule has 0 spiro atoms. The summed E-state index contributed by atoms with van der Waals surface area (Å²) < 4.78 is 30.4. The predicted molar refractivity (Wildman–Crippen MR) is 46.4 cm³/mol. The highest BCUT2D eigenvalue weighted by atomic mass is 32.2. The molecule has 0 aromatic rings. The van der Waals surface area contributed by atoms with Crippen molar-refractivity contribution in [2.75, 3.05) is 12.9 Å². The van der Waals surface area contributed by atoms with Gasteiger partial charge >= 0.3 is 0 Å². The Balaban J connectivity index is 2.18. The number of hydrogen-bond acceptors (Lipinski definition) is 2. The lowest BCUT2D eigenvalue weighted by atomic mass is 9.87. The lowest BCUT2D eigenvalue weighted by Crippen LogP contribution is -2.26. The van der Waals surface area contributed by atoms with Gasteiger partial charge in [-0.3, -0.25) is 0 Å². The highest BCUT2D eigenvalue weighted by Gasteiger charge is 2.34. The maximum atomic E-state index is 12.7. The number of rotatable bonds is 3. The van der Waals surface area contributed by atoms with E-state index in [-0.39, 0.29) is 12.8 Å². The Kier molecular flexibility index (Phi) is 3.77. The minimum absolute atomic E-state index is 0.0371. The highest BCUT2D eigenvalue weighted by Crippen LogP contribution is 2.36. The normalized spacial score (nSPS) is 24.2. The van der Waals surface area contributed by atoms with E-state index in [0.29, 0.717) is 25.4 Å². The van der Waals surface area contributed by atoms with Crippen molar-refractivity contribution in [1.29, 1.82) is 0 Å². The molecule has 0 radical (unpaired) electrons. The fraction of sp³-hybridized carbons (Fsp3) is 1.00. The van der Waals surface area contributed by atoms with Crippen LogP contribution in [0.15, 0.2) is 0 Å². The van der Waals surface area contributed by atoms with E-state index >= 15 is 0 Å². The summed E-state index contributed by atoms with van der Waals surface area (Å²) in [6, 6.07) is 0. The topological polar surface area (TPSA) is 9.23 Å². The first-order valence-electron chi connectivity index (χ1n) is 4.17. The van der Waals surface area contributed by atoms with Gasteiger partial charge < -0.3 is 4.18 Å². The summed E-state index contributed by atoms with van der Waals surface area (Å²) in [6.45, 7) is 0.622. The molecule has 1 aliphatic carbocycles. The average Bonchev–Trinajstić information content (AvgIpc) is 2.03. The van der Waals surface area contributed by atoms with Gasteiger partial charge in [-0.2, -0.15) is 0 Å². The van der Waals surface area contributed by atoms with Crippen LogP contribution in [0.5, 0.6) is 0 Å². The van der Waals surface area contributed by atoms with E-state index < -0.39 is 5.92 Å². The summed E-state index contributed by atoms with van der Waals surface area (Å²) in [5.41, 5.74) is 0. The molecule has 0 saturated heterocycles. The van der Waals surface area contributed by atoms with Crippen LogP contribution in [-0.4, -0.2) is 18.8 Å². The molecule has 0 atom stereocenters. The van der Waals surface area contributed by atoms with Crippen LogP contribution in [0, 0.1) is 5.92 Å². The minimum atomic E-state index is -2.41. The Bertz CT molecular complexity index is 131. The van der Waals surface area contributed by atoms with Gasteiger partial charge in [0.15, 0.2) is 0 Å². The molecule has 0 aliphatic heterocycles. The lowest BCUT2D eigenvalue weighted by molar-refractivity contribution is -0.0491. The largest absolute Gasteiger partial charge is 0.315 e. The maximum Gasteiger partial charge on any atom is 0.248 e. The molecule has 72 valence electrons. The first-order valence-corrected chi connectivity index (χ1v) is 5.32. The monoisotopic (exact) mass is 196 g/mol. The quantitative estimate of drug-likeness (QED) is 0.641. The molecule has 1 aliphatic rings. The lowest BCUT2D eigenvalue weighted by Gasteiger charge is -2.27. The first-order chi connectivity index (χ1) is 5.64. The molecular formula is C8H14F2OS. The van der Waals surface area contributed by atoms with Crippen LogP contribution in [0.25, 0.3) is 0 Å². The van der Waals surface area contributed by atoms with Crippen molar-refractivity contribution < 1.29 is 13.0 Å². The zero-order valence-electron chi connectivity index (χ0n) is 7.19. The Morgan fingerprint density at radius 2 is 2.00 bits per heavy atom. The van der Waals surface area contributed by atoms with Gasteiger partial charge in [-0.05, 0) is 30.8 Å². The van der Waals surface area contributed by atoms with Gasteiger partial charge in [-0.25, -0.2) is 8.78 Å². The van der Waals surface area contributed by atoms with Gasteiger partial charge in [0.1, 0.15) is 0 Å². The van der Waals surface area contributed by atoms with Gasteiger partial charge in [0, 0.05) is 19.1 Å². The fourth-order valence-electron chi connectivity index (χ4n) is 1.43. The summed E-state index contributed by atoms with van der Waals surface area (Å²) in [7, 11) is 0. The second-order valence-corrected chi connectivity index (χ2v) is 3.82. The van der Waals surface area contributed by atoms with Crippen LogP contribution >= 0.6 is 12.0 Å². The fourth-order valence-corrected chi connectivity index (χ4v) is 1.76. The number of halogens is 2. The zero-order valence-corrected chi connectivity index (χ0v) is 8.00. The molecule has 1 fully saturated rings. The molecule has 0 heterocycles. The molecule has 0 unspecified atom stereocenters. The Morgan fingerprint density at radius 1 is 1.42 bits per heavy atom. The van der Waals surface area contributed by atoms with Gasteiger partial charge in [-0.15, -0.1) is 0 Å². The van der Waals surface area contributed by atoms with Crippen molar-refractivity contribution >= 4 is 12.0 Å². The Hall–Kier alpha value is 0.170. The van der Waals surface area contributed by atoms with Crippen LogP contribution < -0.4 is 0 Å². The summed E-state index contributed by atoms with van der Waals surface area (Å²) in [5.74, 6) is -2.06. The van der Waals surface area contributed by atoms with Crippen molar-refractivity contribution in [1.82, 2.24) is 0 Å². The molecule has 1 rings (SSSR count). The van der Waals surface area contributed by atoms with Crippen molar-refractivity contribution in [3.8, 4) is 0 Å². The molecule has 12 heavy (non-hydrogen) atoms. The summed E-state index contributed by atoms with van der Waals surface area (Å²) >= 11 is 1.31. The molecular weight excluding hydrogens is 182 g/mol. The average molecular weight is 196 g/mol. The third-order valence-electron chi connectivity index (χ3n) is 2.26. The van der Waals surface area contributed by atoms with E-state index in [1.165, 1.54) is 12.0 Å². The molecule has 0 bridgehead atoms. The molecule has 0 aromatic carbocycles. The van der Waals surface area contributed by atoms with Gasteiger partial charge in [0.25, 0.3) is 0 Å². The highest BCUT2D eigenvalue weighted by molar-refractivity contribution is 7.93. The summed E-state index contributed by atoms with van der Waals surface area (Å²) in [5, 5.41) is 0. The van der Waals surface area contributed by atoms with Gasteiger partial charge in [0.2, 0.25) is 5.92 Å². The standard InChI is InChI=1S/C8H14F2OS/c1-12-11-6-7-2-4-8(9,10)5-3-7/h7H,2-6H2,1H3. The smallest absolute Gasteiger partial charge is 0.248 e. The van der Waals surface area contributed by atoms with E-state index in [4.69, 9.17) is 4.18 Å². The van der Waals surface area contributed by atoms with E-state index in [1.807, 2.05) is 6.26 Å². The van der Waals surface area contributed by atoms with Gasteiger partial charge in [-0.1, -0.05) is 0 Å². The molecule has 4 heteroatoms. The van der Waals surface area contributed by atoms with Crippen molar-refractivity contribution in [2.45, 2.75) is 31.6 Å². The maximum absolute atomic E-state index is 12.7. The predicted octanol–water partition coefficient (Wildman–Crippen LogP) is 3.11. The zero-order chi connectivity index (χ0) is 9.03. The molecule has 0 amide bonds. The SMILES string of the molecule is CSOCC1CCC(F)(F)CC1. The molecule has 1 saturated carbocycles. The van der Waals surface area contributed by atoms with Crippen molar-refractivity contribution in [3.05, 3.63) is 0 Å². The van der Waals surface area contributed by atoms with E-state index in [2.05, 4.69) is 0 Å². The first kappa shape index (κ1) is 10.3. The molecule has 0 aromatic heterocycles. The number of hydrogen-bond donors (Lipinski definition) is 0. The van der Waals surface area contributed by atoms with Crippen LogP contribution in [0.2, 0.25) is 0 Å². The van der Waals surface area contributed by atoms with Crippen molar-refractivity contribution in [3.63, 3.8) is 0 Å². The molecule has 1 nitrogen and oxygen atoms in total. The summed E-state index contributed by atoms with van der Waals surface area (Å²) in [4.78, 5) is 0. The minimum Gasteiger partial charge on any atom is -0.315 e. The third-order valence-corrected chi connectivity index (χ3v) is 2.63. The van der Waals surface area contributed by atoms with Crippen molar-refractivity contribution in [2.24, 2.45) is 5.92 Å². The van der Waals surface area contributed by atoms with Crippen LogP contribution in [0.4, 0.5) is 8.78 Å². The van der Waals surface area contributed by atoms with E-state index in [1.54, 1.807) is 0 Å². The van der Waals surface area contributed by atoms with E-state index in [0.717, 1.165) is 0 Å². The third kappa shape index (κ3) is 3.27. The second kappa shape index (κ2) is 4.42. The summed E-state index contributed by atoms with van der Waals surface area (Å²) in [6.07, 6.45) is 3.13. The number of alkyl halides is 2. The van der Waals surface area contributed by atoms with Gasteiger partial charge in [0.05, 0.1) is 6.61 Å². The van der Waals surface area contributed by atoms with Crippen LogP contribution in [-0.2, 0) is 4.18 Å². The Morgan fingerprint density at radius 3 is 2.50 bits per heavy atom. The van der Waals surface area contributed by atoms with Crippen LogP contribution in [0.1, 0.15) is 25.7 Å². The van der Waals surface area contributed by atoms with Crippen LogP contribution in [0.3, 0.4) is 0 Å². The molecule has 0 N–H and O–H groups in total. The van der Waals surface area contributed by atoms with E-state index in [9.17, 15) is 8.78 Å². The Labute approximate surface area is 76.1 Å².